The largest absolute Gasteiger partial charge is 0.380 e. The second-order valence-corrected chi connectivity index (χ2v) is 9.84. The van der Waals surface area contributed by atoms with Gasteiger partial charge in [-0.3, -0.25) is 15.6 Å². The molecule has 1 fully saturated rings. The van der Waals surface area contributed by atoms with Crippen molar-refractivity contribution in [1.29, 1.82) is 0 Å². The molecule has 2 aliphatic rings. The van der Waals surface area contributed by atoms with Crippen molar-refractivity contribution in [1.82, 2.24) is 10.3 Å². The van der Waals surface area contributed by atoms with E-state index in [4.69, 9.17) is 5.73 Å². The second-order valence-electron chi connectivity index (χ2n) is 8.76. The molecule has 0 atom stereocenters. The Kier molecular flexibility index (Phi) is 7.08. The van der Waals surface area contributed by atoms with Gasteiger partial charge in [0, 0.05) is 47.6 Å². The fourth-order valence-electron chi connectivity index (χ4n) is 4.42. The van der Waals surface area contributed by atoms with Gasteiger partial charge >= 0.3 is 0 Å². The summed E-state index contributed by atoms with van der Waals surface area (Å²) < 4.78 is 13.2. The van der Waals surface area contributed by atoms with Crippen molar-refractivity contribution in [3.63, 3.8) is 0 Å². The van der Waals surface area contributed by atoms with Crippen LogP contribution in [0.1, 0.15) is 23.2 Å². The van der Waals surface area contributed by atoms with E-state index < -0.39 is 0 Å². The van der Waals surface area contributed by atoms with Gasteiger partial charge in [0.2, 0.25) is 0 Å². The average Bonchev–Trinajstić information content (AvgIpc) is 2.88. The minimum atomic E-state index is -0.328. The van der Waals surface area contributed by atoms with Crippen LogP contribution < -0.4 is 27.2 Å². The summed E-state index contributed by atoms with van der Waals surface area (Å²) in [5.74, 6) is -0.594. The molecule has 5 rings (SSSR count). The second kappa shape index (κ2) is 10.6. The first-order chi connectivity index (χ1) is 17.1. The van der Waals surface area contributed by atoms with E-state index in [2.05, 4.69) is 38.5 Å². The number of carbonyl (C=O) groups is 1. The fraction of sp³-hybridized carbons (Fsp3) is 0.269. The maximum atomic E-state index is 13.2. The first-order valence-corrected chi connectivity index (χ1v) is 12.6. The SMILES string of the molecule is NCCN1CCC(Nc2cc(C(=O)NNc3ccc(F)cc3)cc3c2Nc2ccccc2S3)CC1. The predicted octanol–water partition coefficient (Wildman–Crippen LogP) is 4.63. The highest BCUT2D eigenvalue weighted by Gasteiger charge is 2.24. The topological polar surface area (TPSA) is 94.5 Å². The number of nitrogens with one attached hydrogen (secondary N) is 4. The van der Waals surface area contributed by atoms with Gasteiger partial charge in [0.05, 0.1) is 22.7 Å². The molecule has 3 aromatic rings. The van der Waals surface area contributed by atoms with E-state index in [0.717, 1.165) is 59.3 Å². The first-order valence-electron chi connectivity index (χ1n) is 11.8. The van der Waals surface area contributed by atoms with Gasteiger partial charge in [-0.2, -0.15) is 0 Å². The molecular formula is C26H29FN6OS. The monoisotopic (exact) mass is 492 g/mol. The number of carbonyl (C=O) groups excluding carboxylic acids is 1. The summed E-state index contributed by atoms with van der Waals surface area (Å²) >= 11 is 1.65. The van der Waals surface area contributed by atoms with Crippen LogP contribution in [-0.2, 0) is 0 Å². The quantitative estimate of drug-likeness (QED) is 0.240. The third kappa shape index (κ3) is 5.53. The molecule has 3 aromatic carbocycles. The number of halogens is 1. The van der Waals surface area contributed by atoms with E-state index in [-0.39, 0.29) is 11.7 Å². The van der Waals surface area contributed by atoms with Crippen LogP contribution in [0.5, 0.6) is 0 Å². The van der Waals surface area contributed by atoms with E-state index >= 15 is 0 Å². The molecule has 1 amide bonds. The Bertz CT molecular complexity index is 1200. The standard InChI is InChI=1S/C26H29FN6OS/c27-18-5-7-20(8-6-18)31-32-26(34)17-15-22(29-19-9-12-33(13-10-19)14-11-28)25-24(16-17)35-23-4-2-1-3-21(23)30-25/h1-8,15-16,19,29-31H,9-14,28H2,(H,32,34). The highest BCUT2D eigenvalue weighted by Crippen LogP contribution is 2.48. The van der Waals surface area contributed by atoms with Gasteiger partial charge in [0.25, 0.3) is 5.91 Å². The number of nitrogens with two attached hydrogens (primary N) is 1. The fourth-order valence-corrected chi connectivity index (χ4v) is 5.48. The number of para-hydroxylation sites is 1. The molecule has 0 aliphatic carbocycles. The molecule has 182 valence electrons. The van der Waals surface area contributed by atoms with Crippen LogP contribution in [0.3, 0.4) is 0 Å². The summed E-state index contributed by atoms with van der Waals surface area (Å²) in [6, 6.07) is 18.1. The number of likely N-dealkylation sites (tertiary alicyclic amines) is 1. The summed E-state index contributed by atoms with van der Waals surface area (Å²) in [6.45, 7) is 3.61. The van der Waals surface area contributed by atoms with Gasteiger partial charge in [0.15, 0.2) is 0 Å². The molecule has 0 unspecified atom stereocenters. The maximum absolute atomic E-state index is 13.2. The van der Waals surface area contributed by atoms with Crippen molar-refractivity contribution in [2.24, 2.45) is 5.73 Å². The number of benzene rings is 3. The zero-order valence-electron chi connectivity index (χ0n) is 19.3. The van der Waals surface area contributed by atoms with Gasteiger partial charge in [-0.05, 0) is 61.4 Å². The normalized spacial score (nSPS) is 15.5. The lowest BCUT2D eigenvalue weighted by Gasteiger charge is -2.33. The Morgan fingerprint density at radius 2 is 1.86 bits per heavy atom. The highest BCUT2D eigenvalue weighted by atomic mass is 32.2. The molecule has 7 nitrogen and oxygen atoms in total. The van der Waals surface area contributed by atoms with Crippen LogP contribution in [0.4, 0.5) is 27.1 Å². The number of anilines is 4. The van der Waals surface area contributed by atoms with Gasteiger partial charge in [-0.15, -0.1) is 0 Å². The molecule has 9 heteroatoms. The molecule has 0 bridgehead atoms. The Morgan fingerprint density at radius 1 is 1.09 bits per heavy atom. The van der Waals surface area contributed by atoms with Crippen LogP contribution in [0.2, 0.25) is 0 Å². The molecule has 1 saturated heterocycles. The van der Waals surface area contributed by atoms with Crippen LogP contribution >= 0.6 is 11.8 Å². The van der Waals surface area contributed by atoms with E-state index in [0.29, 0.717) is 23.8 Å². The van der Waals surface area contributed by atoms with Gasteiger partial charge in [-0.25, -0.2) is 4.39 Å². The van der Waals surface area contributed by atoms with Crippen molar-refractivity contribution in [2.45, 2.75) is 28.7 Å². The summed E-state index contributed by atoms with van der Waals surface area (Å²) in [5.41, 5.74) is 15.4. The number of hydrogen-bond acceptors (Lipinski definition) is 7. The Balaban J connectivity index is 1.37. The van der Waals surface area contributed by atoms with Crippen molar-refractivity contribution in [2.75, 3.05) is 42.2 Å². The van der Waals surface area contributed by atoms with Gasteiger partial charge < -0.3 is 21.3 Å². The van der Waals surface area contributed by atoms with E-state index in [1.165, 1.54) is 12.1 Å². The molecule has 0 radical (unpaired) electrons. The molecule has 35 heavy (non-hydrogen) atoms. The lowest BCUT2D eigenvalue weighted by Crippen LogP contribution is -2.41. The zero-order chi connectivity index (χ0) is 24.2. The maximum Gasteiger partial charge on any atom is 0.269 e. The van der Waals surface area contributed by atoms with Crippen molar-refractivity contribution in [3.05, 3.63) is 72.0 Å². The lowest BCUT2D eigenvalue weighted by molar-refractivity contribution is 0.0962. The molecule has 6 N–H and O–H groups in total. The van der Waals surface area contributed by atoms with Crippen LogP contribution in [-0.4, -0.2) is 43.0 Å². The number of nitrogens with zero attached hydrogens (tertiary/aromatic N) is 1. The molecule has 0 spiro atoms. The predicted molar refractivity (Wildman–Crippen MR) is 140 cm³/mol. The van der Waals surface area contributed by atoms with Crippen molar-refractivity contribution in [3.8, 4) is 0 Å². The van der Waals surface area contributed by atoms with Gasteiger partial charge in [-0.1, -0.05) is 23.9 Å². The zero-order valence-corrected chi connectivity index (χ0v) is 20.1. The minimum Gasteiger partial charge on any atom is -0.380 e. The number of fused-ring (bicyclic) bond motifs is 2. The van der Waals surface area contributed by atoms with E-state index in [9.17, 15) is 9.18 Å². The van der Waals surface area contributed by atoms with Crippen LogP contribution in [0.15, 0.2) is 70.5 Å². The first kappa shape index (κ1) is 23.5. The third-order valence-corrected chi connectivity index (χ3v) is 7.41. The number of rotatable bonds is 7. The Morgan fingerprint density at radius 3 is 2.63 bits per heavy atom. The molecule has 0 saturated carbocycles. The van der Waals surface area contributed by atoms with Crippen molar-refractivity contribution < 1.29 is 9.18 Å². The smallest absolute Gasteiger partial charge is 0.269 e. The third-order valence-electron chi connectivity index (χ3n) is 6.29. The highest BCUT2D eigenvalue weighted by molar-refractivity contribution is 7.99. The average molecular weight is 493 g/mol. The Labute approximate surface area is 208 Å². The summed E-state index contributed by atoms with van der Waals surface area (Å²) in [6.07, 6.45) is 2.03. The number of hydrazine groups is 1. The number of amides is 1. The van der Waals surface area contributed by atoms with E-state index in [1.54, 1.807) is 23.9 Å². The van der Waals surface area contributed by atoms with Crippen LogP contribution in [0, 0.1) is 5.82 Å². The number of piperidine rings is 1. The van der Waals surface area contributed by atoms with Crippen LogP contribution in [0.25, 0.3) is 0 Å². The lowest BCUT2D eigenvalue weighted by atomic mass is 10.0. The summed E-state index contributed by atoms with van der Waals surface area (Å²) in [7, 11) is 0. The molecule has 2 aliphatic heterocycles. The summed E-state index contributed by atoms with van der Waals surface area (Å²) in [5, 5.41) is 7.27. The Hall–Kier alpha value is -3.27. The van der Waals surface area contributed by atoms with Crippen molar-refractivity contribution >= 4 is 40.4 Å². The molecule has 2 heterocycles. The summed E-state index contributed by atoms with van der Waals surface area (Å²) in [4.78, 5) is 17.5. The minimum absolute atomic E-state index is 0.266. The number of hydrogen-bond donors (Lipinski definition) is 5. The van der Waals surface area contributed by atoms with Gasteiger partial charge in [0.1, 0.15) is 5.82 Å². The van der Waals surface area contributed by atoms with E-state index in [1.807, 2.05) is 24.3 Å². The molecular weight excluding hydrogens is 463 g/mol. The molecule has 0 aromatic heterocycles.